The summed E-state index contributed by atoms with van der Waals surface area (Å²) in [5.74, 6) is -1.30. The molecule has 5 nitrogen and oxygen atoms in total. The van der Waals surface area contributed by atoms with Crippen LogP contribution < -0.4 is 5.63 Å². The lowest BCUT2D eigenvalue weighted by Gasteiger charge is -2.01. The molecule has 1 aromatic carbocycles. The molecule has 0 amide bonds. The highest BCUT2D eigenvalue weighted by Gasteiger charge is 2.12. The zero-order valence-electron chi connectivity index (χ0n) is 8.80. The molecule has 0 bridgehead atoms. The van der Waals surface area contributed by atoms with Crippen molar-refractivity contribution in [2.75, 3.05) is 7.11 Å². The molecule has 0 saturated heterocycles. The molecule has 1 heterocycles. The first-order valence-corrected chi connectivity index (χ1v) is 5.38. The van der Waals surface area contributed by atoms with E-state index in [9.17, 15) is 9.59 Å². The van der Waals surface area contributed by atoms with Crippen molar-refractivity contribution in [2.24, 2.45) is 0 Å². The van der Waals surface area contributed by atoms with E-state index < -0.39 is 11.6 Å². The molecule has 0 spiro atoms. The number of rotatable bonds is 3. The Morgan fingerprint density at radius 3 is 2.82 bits per heavy atom. The molecule has 0 aliphatic rings. The average molecular weight is 252 g/mol. The topological polar surface area (TPSA) is 76.7 Å². The van der Waals surface area contributed by atoms with Crippen LogP contribution in [0.4, 0.5) is 0 Å². The van der Waals surface area contributed by atoms with E-state index in [1.165, 1.54) is 13.2 Å². The van der Waals surface area contributed by atoms with Crippen molar-refractivity contribution in [2.45, 2.75) is 4.90 Å². The Morgan fingerprint density at radius 1 is 1.41 bits per heavy atom. The fourth-order valence-corrected chi connectivity index (χ4v) is 1.89. The Bertz CT molecular complexity index is 631. The van der Waals surface area contributed by atoms with Crippen molar-refractivity contribution in [3.8, 4) is 0 Å². The van der Waals surface area contributed by atoms with Crippen molar-refractivity contribution in [3.63, 3.8) is 0 Å². The molecule has 2 aromatic rings. The van der Waals surface area contributed by atoms with Gasteiger partial charge < -0.3 is 13.7 Å². The van der Waals surface area contributed by atoms with E-state index in [1.807, 2.05) is 0 Å². The SMILES string of the molecule is COSc1ccc2oc(=O)c(C(=O)O)cc2c1. The normalized spacial score (nSPS) is 10.6. The second-order valence-corrected chi connectivity index (χ2v) is 4.17. The van der Waals surface area contributed by atoms with Gasteiger partial charge in [-0.3, -0.25) is 0 Å². The Kier molecular flexibility index (Phi) is 3.16. The van der Waals surface area contributed by atoms with E-state index in [2.05, 4.69) is 0 Å². The summed E-state index contributed by atoms with van der Waals surface area (Å²) in [6, 6.07) is 6.31. The summed E-state index contributed by atoms with van der Waals surface area (Å²) >= 11 is 1.14. The maximum absolute atomic E-state index is 11.3. The molecule has 88 valence electrons. The van der Waals surface area contributed by atoms with Crippen LogP contribution in [0.2, 0.25) is 0 Å². The van der Waals surface area contributed by atoms with Crippen LogP contribution in [0.1, 0.15) is 10.4 Å². The minimum atomic E-state index is -1.30. The van der Waals surface area contributed by atoms with Crippen LogP contribution in [-0.2, 0) is 4.18 Å². The highest BCUT2D eigenvalue weighted by atomic mass is 32.2. The largest absolute Gasteiger partial charge is 0.477 e. The van der Waals surface area contributed by atoms with Crippen molar-refractivity contribution in [1.82, 2.24) is 0 Å². The van der Waals surface area contributed by atoms with Gasteiger partial charge in [0, 0.05) is 22.3 Å². The Hall–Kier alpha value is -1.79. The van der Waals surface area contributed by atoms with E-state index in [0.29, 0.717) is 11.0 Å². The van der Waals surface area contributed by atoms with Crippen LogP contribution in [0.5, 0.6) is 0 Å². The molecule has 2 rings (SSSR count). The van der Waals surface area contributed by atoms with Crippen LogP contribution in [0.25, 0.3) is 11.0 Å². The average Bonchev–Trinajstić information content (AvgIpc) is 2.28. The van der Waals surface area contributed by atoms with Crippen molar-refractivity contribution in [1.29, 1.82) is 0 Å². The smallest absolute Gasteiger partial charge is 0.351 e. The fraction of sp³-hybridized carbons (Fsp3) is 0.0909. The minimum absolute atomic E-state index is 0.348. The lowest BCUT2D eigenvalue weighted by Crippen LogP contribution is -2.12. The van der Waals surface area contributed by atoms with E-state index >= 15 is 0 Å². The summed E-state index contributed by atoms with van der Waals surface area (Å²) in [6.45, 7) is 0. The zero-order valence-corrected chi connectivity index (χ0v) is 9.61. The number of benzene rings is 1. The van der Waals surface area contributed by atoms with E-state index in [0.717, 1.165) is 16.9 Å². The van der Waals surface area contributed by atoms with E-state index in [-0.39, 0.29) is 5.56 Å². The number of fused-ring (bicyclic) bond motifs is 1. The molecule has 1 aromatic heterocycles. The second kappa shape index (κ2) is 4.60. The number of hydrogen-bond donors (Lipinski definition) is 1. The highest BCUT2D eigenvalue weighted by Crippen LogP contribution is 2.23. The van der Waals surface area contributed by atoms with Crippen molar-refractivity contribution < 1.29 is 18.5 Å². The third-order valence-corrected chi connectivity index (χ3v) is 2.73. The summed E-state index contributed by atoms with van der Waals surface area (Å²) in [4.78, 5) is 22.9. The Labute approximate surface area is 100 Å². The van der Waals surface area contributed by atoms with E-state index in [4.69, 9.17) is 13.7 Å². The van der Waals surface area contributed by atoms with Gasteiger partial charge in [-0.2, -0.15) is 0 Å². The standard InChI is InChI=1S/C11H8O5S/c1-15-17-7-2-3-9-6(4-7)5-8(10(12)13)11(14)16-9/h2-5H,1H3,(H,12,13). The highest BCUT2D eigenvalue weighted by molar-refractivity contribution is 7.94. The zero-order chi connectivity index (χ0) is 12.4. The van der Waals surface area contributed by atoms with Crippen LogP contribution in [0.3, 0.4) is 0 Å². The Balaban J connectivity index is 2.64. The predicted octanol–water partition coefficient (Wildman–Crippen LogP) is 2.14. The molecule has 17 heavy (non-hydrogen) atoms. The van der Waals surface area contributed by atoms with Crippen LogP contribution in [-0.4, -0.2) is 18.2 Å². The van der Waals surface area contributed by atoms with Crippen LogP contribution in [0.15, 0.2) is 38.4 Å². The molecule has 1 N–H and O–H groups in total. The molecule has 0 radical (unpaired) electrons. The van der Waals surface area contributed by atoms with Gasteiger partial charge in [0.1, 0.15) is 11.1 Å². The van der Waals surface area contributed by atoms with E-state index in [1.54, 1.807) is 18.2 Å². The number of aromatic carboxylic acids is 1. The Morgan fingerprint density at radius 2 is 2.18 bits per heavy atom. The quantitative estimate of drug-likeness (QED) is 0.666. The first kappa shape index (κ1) is 11.7. The van der Waals surface area contributed by atoms with Gasteiger partial charge in [-0.15, -0.1) is 0 Å². The number of carboxylic acid groups (broad SMARTS) is 1. The maximum Gasteiger partial charge on any atom is 0.351 e. The third-order valence-electron chi connectivity index (χ3n) is 2.11. The summed E-state index contributed by atoms with van der Waals surface area (Å²) in [5.41, 5.74) is -0.880. The van der Waals surface area contributed by atoms with Gasteiger partial charge in [-0.1, -0.05) is 0 Å². The first-order chi connectivity index (χ1) is 8.11. The summed E-state index contributed by atoms with van der Waals surface area (Å²) in [7, 11) is 1.53. The summed E-state index contributed by atoms with van der Waals surface area (Å²) < 4.78 is 9.79. The van der Waals surface area contributed by atoms with Gasteiger partial charge in [-0.25, -0.2) is 9.59 Å². The molecular weight excluding hydrogens is 244 g/mol. The molecule has 0 unspecified atom stereocenters. The van der Waals surface area contributed by atoms with Gasteiger partial charge in [-0.05, 0) is 24.3 Å². The summed E-state index contributed by atoms with van der Waals surface area (Å²) in [5, 5.41) is 9.35. The maximum atomic E-state index is 11.3. The lowest BCUT2D eigenvalue weighted by molar-refractivity contribution is 0.0692. The predicted molar refractivity (Wildman–Crippen MR) is 62.3 cm³/mol. The number of carbonyl (C=O) groups is 1. The lowest BCUT2D eigenvalue weighted by atomic mass is 10.2. The molecule has 6 heteroatoms. The molecule has 0 saturated carbocycles. The van der Waals surface area contributed by atoms with Crippen molar-refractivity contribution >= 4 is 29.0 Å². The molecular formula is C11H8O5S. The monoisotopic (exact) mass is 252 g/mol. The molecule has 0 atom stereocenters. The van der Waals surface area contributed by atoms with Gasteiger partial charge in [0.05, 0.1) is 7.11 Å². The van der Waals surface area contributed by atoms with Gasteiger partial charge in [0.2, 0.25) is 0 Å². The second-order valence-electron chi connectivity index (χ2n) is 3.20. The van der Waals surface area contributed by atoms with Gasteiger partial charge >= 0.3 is 11.6 Å². The van der Waals surface area contributed by atoms with Crippen LogP contribution >= 0.6 is 12.0 Å². The van der Waals surface area contributed by atoms with Crippen LogP contribution in [0, 0.1) is 0 Å². The van der Waals surface area contributed by atoms with Gasteiger partial charge in [0.15, 0.2) is 0 Å². The number of carboxylic acids is 1. The molecule has 0 aliphatic heterocycles. The minimum Gasteiger partial charge on any atom is -0.477 e. The molecule has 0 aliphatic carbocycles. The third kappa shape index (κ3) is 2.32. The summed E-state index contributed by atoms with van der Waals surface area (Å²) in [6.07, 6.45) is 0. The number of hydrogen-bond acceptors (Lipinski definition) is 5. The fourth-order valence-electron chi connectivity index (χ4n) is 1.40. The molecule has 0 fully saturated rings. The first-order valence-electron chi connectivity index (χ1n) is 4.63. The van der Waals surface area contributed by atoms with Gasteiger partial charge in [0.25, 0.3) is 0 Å². The van der Waals surface area contributed by atoms with Crippen molar-refractivity contribution in [3.05, 3.63) is 40.2 Å².